The van der Waals surface area contributed by atoms with E-state index in [2.05, 4.69) is 5.32 Å². The van der Waals surface area contributed by atoms with Gasteiger partial charge in [-0.25, -0.2) is 4.39 Å². The number of aryl methyl sites for hydroxylation is 1. The smallest absolute Gasteiger partial charge is 0.245 e. The molecule has 0 radical (unpaired) electrons. The zero-order valence-corrected chi connectivity index (χ0v) is 11.6. The van der Waals surface area contributed by atoms with E-state index in [1.807, 2.05) is 11.9 Å². The second-order valence-corrected chi connectivity index (χ2v) is 5.03. The monoisotopic (exact) mass is 265 g/mol. The van der Waals surface area contributed by atoms with E-state index in [1.165, 1.54) is 6.07 Å². The first-order chi connectivity index (χ1) is 9.00. The van der Waals surface area contributed by atoms with Crippen molar-refractivity contribution in [1.29, 1.82) is 0 Å². The fraction of sp³-hybridized carbons (Fsp3) is 0.500. The summed E-state index contributed by atoms with van der Waals surface area (Å²) in [6.07, 6.45) is 0. The molecule has 1 aromatic rings. The van der Waals surface area contributed by atoms with Crippen LogP contribution in [0.4, 0.5) is 10.1 Å². The fourth-order valence-corrected chi connectivity index (χ4v) is 2.27. The maximum absolute atomic E-state index is 13.3. The molecule has 1 unspecified atom stereocenters. The number of benzene rings is 1. The molecule has 1 aliphatic rings. The SMILES string of the molecule is Cc1cc(N(C)C(=O)C2CNCCN2C)ccc1F. The second kappa shape index (κ2) is 5.67. The van der Waals surface area contributed by atoms with Gasteiger partial charge in [0.2, 0.25) is 5.91 Å². The number of anilines is 1. The minimum Gasteiger partial charge on any atom is -0.314 e. The average Bonchev–Trinajstić information content (AvgIpc) is 2.41. The quantitative estimate of drug-likeness (QED) is 0.866. The maximum atomic E-state index is 13.3. The number of carbonyl (C=O) groups is 1. The fourth-order valence-electron chi connectivity index (χ4n) is 2.27. The Labute approximate surface area is 113 Å². The zero-order valence-electron chi connectivity index (χ0n) is 11.6. The van der Waals surface area contributed by atoms with Crippen LogP contribution in [0.2, 0.25) is 0 Å². The van der Waals surface area contributed by atoms with Crippen molar-refractivity contribution in [3.8, 4) is 0 Å². The molecular weight excluding hydrogens is 245 g/mol. The van der Waals surface area contributed by atoms with Crippen LogP contribution in [-0.2, 0) is 4.79 Å². The van der Waals surface area contributed by atoms with Gasteiger partial charge in [0.1, 0.15) is 11.9 Å². The number of hydrogen-bond acceptors (Lipinski definition) is 3. The van der Waals surface area contributed by atoms with Gasteiger partial charge in [0, 0.05) is 32.4 Å². The molecule has 2 rings (SSSR count). The number of hydrogen-bond donors (Lipinski definition) is 1. The summed E-state index contributed by atoms with van der Waals surface area (Å²) in [6.45, 7) is 4.11. The van der Waals surface area contributed by atoms with Crippen molar-refractivity contribution in [1.82, 2.24) is 10.2 Å². The molecule has 1 aliphatic heterocycles. The Morgan fingerprint density at radius 1 is 1.53 bits per heavy atom. The number of carbonyl (C=O) groups excluding carboxylic acids is 1. The van der Waals surface area contributed by atoms with E-state index in [0.29, 0.717) is 12.1 Å². The van der Waals surface area contributed by atoms with Crippen LogP contribution >= 0.6 is 0 Å². The molecule has 1 amide bonds. The zero-order chi connectivity index (χ0) is 14.0. The molecule has 1 fully saturated rings. The summed E-state index contributed by atoms with van der Waals surface area (Å²) >= 11 is 0. The van der Waals surface area contributed by atoms with Crippen molar-refractivity contribution < 1.29 is 9.18 Å². The standard InChI is InChI=1S/C14H20FN3O/c1-10-8-11(4-5-12(10)15)18(3)14(19)13-9-16-6-7-17(13)2/h4-5,8,13,16H,6-7,9H2,1-3H3. The van der Waals surface area contributed by atoms with Gasteiger partial charge >= 0.3 is 0 Å². The molecule has 0 bridgehead atoms. The van der Waals surface area contributed by atoms with Crippen LogP contribution in [0.5, 0.6) is 0 Å². The van der Waals surface area contributed by atoms with Crippen molar-refractivity contribution >= 4 is 11.6 Å². The predicted molar refractivity (Wildman–Crippen MR) is 73.8 cm³/mol. The molecule has 0 aliphatic carbocycles. The number of likely N-dealkylation sites (N-methyl/N-ethyl adjacent to an activating group) is 2. The molecule has 1 atom stereocenters. The number of piperazine rings is 1. The van der Waals surface area contributed by atoms with E-state index in [9.17, 15) is 9.18 Å². The van der Waals surface area contributed by atoms with Crippen LogP contribution in [0.15, 0.2) is 18.2 Å². The Bertz CT molecular complexity index is 478. The molecule has 1 aromatic carbocycles. The third-order valence-corrected chi connectivity index (χ3v) is 3.66. The van der Waals surface area contributed by atoms with Crippen LogP contribution < -0.4 is 10.2 Å². The van der Waals surface area contributed by atoms with Gasteiger partial charge in [-0.3, -0.25) is 9.69 Å². The lowest BCUT2D eigenvalue weighted by Gasteiger charge is -2.34. The molecule has 1 saturated heterocycles. The van der Waals surface area contributed by atoms with Crippen LogP contribution in [0.1, 0.15) is 5.56 Å². The van der Waals surface area contributed by atoms with E-state index in [0.717, 1.165) is 18.8 Å². The highest BCUT2D eigenvalue weighted by Gasteiger charge is 2.28. The third-order valence-electron chi connectivity index (χ3n) is 3.66. The molecule has 4 nitrogen and oxygen atoms in total. The summed E-state index contributed by atoms with van der Waals surface area (Å²) in [5.74, 6) is -0.221. The van der Waals surface area contributed by atoms with Gasteiger partial charge in [-0.15, -0.1) is 0 Å². The van der Waals surface area contributed by atoms with Gasteiger partial charge in [-0.2, -0.15) is 0 Å². The molecule has 0 aromatic heterocycles. The van der Waals surface area contributed by atoms with Crippen molar-refractivity contribution in [2.45, 2.75) is 13.0 Å². The lowest BCUT2D eigenvalue weighted by atomic mass is 10.1. The van der Waals surface area contributed by atoms with Gasteiger partial charge in [0.05, 0.1) is 0 Å². The summed E-state index contributed by atoms with van der Waals surface area (Å²) < 4.78 is 13.3. The van der Waals surface area contributed by atoms with E-state index < -0.39 is 0 Å². The number of rotatable bonds is 2. The Hall–Kier alpha value is -1.46. The van der Waals surface area contributed by atoms with Crippen LogP contribution in [0.25, 0.3) is 0 Å². The molecule has 19 heavy (non-hydrogen) atoms. The minimum atomic E-state index is -0.249. The van der Waals surface area contributed by atoms with Crippen molar-refractivity contribution in [2.75, 3.05) is 38.6 Å². The van der Waals surface area contributed by atoms with E-state index in [4.69, 9.17) is 0 Å². The van der Waals surface area contributed by atoms with Crippen LogP contribution in [0.3, 0.4) is 0 Å². The van der Waals surface area contributed by atoms with Gasteiger partial charge in [0.25, 0.3) is 0 Å². The number of nitrogens with one attached hydrogen (secondary N) is 1. The Morgan fingerprint density at radius 2 is 2.26 bits per heavy atom. The van der Waals surface area contributed by atoms with E-state index in [-0.39, 0.29) is 17.8 Å². The molecule has 1 N–H and O–H groups in total. The predicted octanol–water partition coefficient (Wildman–Crippen LogP) is 1.00. The maximum Gasteiger partial charge on any atom is 0.245 e. The van der Waals surface area contributed by atoms with Crippen molar-refractivity contribution in [3.05, 3.63) is 29.6 Å². The summed E-state index contributed by atoms with van der Waals surface area (Å²) in [5, 5.41) is 3.22. The summed E-state index contributed by atoms with van der Waals surface area (Å²) in [7, 11) is 3.69. The van der Waals surface area contributed by atoms with Gasteiger partial charge in [-0.1, -0.05) is 0 Å². The topological polar surface area (TPSA) is 35.6 Å². The number of amides is 1. The van der Waals surface area contributed by atoms with E-state index in [1.54, 1.807) is 31.0 Å². The lowest BCUT2D eigenvalue weighted by Crippen LogP contribution is -2.56. The van der Waals surface area contributed by atoms with Crippen molar-refractivity contribution in [3.63, 3.8) is 0 Å². The first-order valence-electron chi connectivity index (χ1n) is 6.45. The highest BCUT2D eigenvalue weighted by molar-refractivity contribution is 5.97. The van der Waals surface area contributed by atoms with E-state index >= 15 is 0 Å². The number of halogens is 1. The lowest BCUT2D eigenvalue weighted by molar-refractivity contribution is -0.123. The Kier molecular flexibility index (Phi) is 4.17. The highest BCUT2D eigenvalue weighted by Crippen LogP contribution is 2.19. The molecule has 0 spiro atoms. The van der Waals surface area contributed by atoms with Gasteiger partial charge in [-0.05, 0) is 37.7 Å². The number of nitrogens with zero attached hydrogens (tertiary/aromatic N) is 2. The molecule has 5 heteroatoms. The molecule has 1 heterocycles. The van der Waals surface area contributed by atoms with Crippen molar-refractivity contribution in [2.24, 2.45) is 0 Å². The van der Waals surface area contributed by atoms with Gasteiger partial charge < -0.3 is 10.2 Å². The summed E-state index contributed by atoms with van der Waals surface area (Å²) in [4.78, 5) is 16.1. The third kappa shape index (κ3) is 2.93. The largest absolute Gasteiger partial charge is 0.314 e. The minimum absolute atomic E-state index is 0.0284. The molecule has 104 valence electrons. The highest BCUT2D eigenvalue weighted by atomic mass is 19.1. The molecular formula is C14H20FN3O. The Morgan fingerprint density at radius 3 is 2.89 bits per heavy atom. The first kappa shape index (κ1) is 14.0. The van der Waals surface area contributed by atoms with Crippen LogP contribution in [-0.4, -0.2) is 50.6 Å². The van der Waals surface area contributed by atoms with Crippen LogP contribution in [0, 0.1) is 12.7 Å². The van der Waals surface area contributed by atoms with Gasteiger partial charge in [0.15, 0.2) is 0 Å². The summed E-state index contributed by atoms with van der Waals surface area (Å²) in [6, 6.07) is 4.57. The molecule has 0 saturated carbocycles. The average molecular weight is 265 g/mol. The second-order valence-electron chi connectivity index (χ2n) is 5.03. The summed E-state index contributed by atoms with van der Waals surface area (Å²) in [5.41, 5.74) is 1.27. The first-order valence-corrected chi connectivity index (χ1v) is 6.45. The Balaban J connectivity index is 2.15. The normalized spacial score (nSPS) is 20.3.